The second-order valence-electron chi connectivity index (χ2n) is 7.12. The van der Waals surface area contributed by atoms with Crippen LogP contribution in [0.15, 0.2) is 77.6 Å². The molecule has 1 unspecified atom stereocenters. The number of benzene rings is 2. The molecule has 4 aromatic rings. The van der Waals surface area contributed by atoms with Crippen molar-refractivity contribution >= 4 is 17.6 Å². The van der Waals surface area contributed by atoms with Crippen molar-refractivity contribution in [3.63, 3.8) is 0 Å². The summed E-state index contributed by atoms with van der Waals surface area (Å²) in [5.74, 6) is -1.59. The van der Waals surface area contributed by atoms with Gasteiger partial charge in [0.2, 0.25) is 0 Å². The topological polar surface area (TPSA) is 103 Å². The molecular weight excluding hydrogens is 410 g/mol. The quantitative estimate of drug-likeness (QED) is 0.451. The molecule has 0 radical (unpaired) electrons. The Morgan fingerprint density at radius 1 is 1.03 bits per heavy atom. The highest BCUT2D eigenvalue weighted by molar-refractivity contribution is 5.88. The summed E-state index contributed by atoms with van der Waals surface area (Å²) < 4.78 is 11.4. The van der Waals surface area contributed by atoms with Gasteiger partial charge >= 0.3 is 11.9 Å². The molecule has 2 aromatic carbocycles. The van der Waals surface area contributed by atoms with Crippen LogP contribution in [-0.2, 0) is 14.3 Å². The largest absolute Gasteiger partial charge is 0.469 e. The van der Waals surface area contributed by atoms with Crippen LogP contribution in [0.5, 0.6) is 0 Å². The van der Waals surface area contributed by atoms with E-state index < -0.39 is 17.9 Å². The smallest absolute Gasteiger partial charge is 0.356 e. The fourth-order valence-electron chi connectivity index (χ4n) is 3.45. The maximum atomic E-state index is 12.5. The van der Waals surface area contributed by atoms with Gasteiger partial charge in [0.1, 0.15) is 5.69 Å². The van der Waals surface area contributed by atoms with E-state index in [0.717, 1.165) is 11.1 Å². The Balaban J connectivity index is 1.48. The van der Waals surface area contributed by atoms with E-state index in [1.54, 1.807) is 0 Å². The molecule has 0 bridgehead atoms. The summed E-state index contributed by atoms with van der Waals surface area (Å²) >= 11 is 0. The second-order valence-corrected chi connectivity index (χ2v) is 7.12. The molecule has 162 valence electrons. The molecule has 0 saturated heterocycles. The number of rotatable bonds is 7. The molecule has 0 fully saturated rings. The average molecular weight is 431 g/mol. The van der Waals surface area contributed by atoms with Crippen LogP contribution in [-0.4, -0.2) is 40.3 Å². The summed E-state index contributed by atoms with van der Waals surface area (Å²) in [7, 11) is 1.32. The minimum atomic E-state index is -0.646. The van der Waals surface area contributed by atoms with Crippen LogP contribution in [0.2, 0.25) is 0 Å². The predicted molar refractivity (Wildman–Crippen MR) is 117 cm³/mol. The highest BCUT2D eigenvalue weighted by Gasteiger charge is 2.22. The van der Waals surface area contributed by atoms with Crippen LogP contribution < -0.4 is 5.56 Å². The average Bonchev–Trinajstić information content (AvgIpc) is 3.27. The van der Waals surface area contributed by atoms with E-state index in [9.17, 15) is 14.4 Å². The van der Waals surface area contributed by atoms with Gasteiger partial charge in [-0.1, -0.05) is 60.7 Å². The van der Waals surface area contributed by atoms with E-state index in [2.05, 4.69) is 10.1 Å². The van der Waals surface area contributed by atoms with Gasteiger partial charge in [0.15, 0.2) is 5.65 Å². The molecule has 0 saturated carbocycles. The Kier molecular flexibility index (Phi) is 6.12. The summed E-state index contributed by atoms with van der Waals surface area (Å²) in [4.78, 5) is 41.6. The fraction of sp³-hybridized carbons (Fsp3) is 0.167. The number of fused-ring (bicyclic) bond motifs is 1. The molecule has 0 spiro atoms. The molecule has 0 aliphatic heterocycles. The van der Waals surface area contributed by atoms with Gasteiger partial charge in [-0.25, -0.2) is 14.3 Å². The van der Waals surface area contributed by atoms with Crippen LogP contribution in [0.3, 0.4) is 0 Å². The molecule has 0 amide bonds. The third kappa shape index (κ3) is 4.44. The molecule has 0 aliphatic rings. The zero-order valence-corrected chi connectivity index (χ0v) is 17.4. The summed E-state index contributed by atoms with van der Waals surface area (Å²) in [5.41, 5.74) is 2.15. The number of carbonyl (C=O) groups excluding carboxylic acids is 2. The SMILES string of the molecule is COC(=O)C(CCOC(=O)c1cc2nc(-c3ccccc3)cc(=O)n2[nH]1)c1ccccc1. The van der Waals surface area contributed by atoms with E-state index in [1.807, 2.05) is 60.7 Å². The van der Waals surface area contributed by atoms with Crippen molar-refractivity contribution in [1.82, 2.24) is 14.6 Å². The number of nitrogens with zero attached hydrogens (tertiary/aromatic N) is 2. The molecule has 0 aliphatic carbocycles. The van der Waals surface area contributed by atoms with Crippen molar-refractivity contribution in [1.29, 1.82) is 0 Å². The monoisotopic (exact) mass is 431 g/mol. The summed E-state index contributed by atoms with van der Waals surface area (Å²) in [6.45, 7) is 0.000449. The lowest BCUT2D eigenvalue weighted by atomic mass is 9.96. The van der Waals surface area contributed by atoms with Crippen LogP contribution in [0.4, 0.5) is 0 Å². The number of aromatic amines is 1. The minimum absolute atomic E-state index is 0.000449. The molecular formula is C24H21N3O5. The van der Waals surface area contributed by atoms with Gasteiger partial charge < -0.3 is 9.47 Å². The maximum Gasteiger partial charge on any atom is 0.356 e. The molecule has 8 nitrogen and oxygen atoms in total. The number of carbonyl (C=O) groups is 2. The summed E-state index contributed by atoms with van der Waals surface area (Å²) in [5, 5.41) is 2.72. The Morgan fingerprint density at radius 2 is 1.72 bits per heavy atom. The lowest BCUT2D eigenvalue weighted by Crippen LogP contribution is -2.18. The first-order valence-corrected chi connectivity index (χ1v) is 10.0. The van der Waals surface area contributed by atoms with Gasteiger partial charge in [-0.15, -0.1) is 0 Å². The van der Waals surface area contributed by atoms with Crippen molar-refractivity contribution in [2.24, 2.45) is 0 Å². The van der Waals surface area contributed by atoms with E-state index in [-0.39, 0.29) is 24.3 Å². The van der Waals surface area contributed by atoms with Crippen molar-refractivity contribution in [3.05, 3.63) is 94.4 Å². The molecule has 1 atom stereocenters. The number of ether oxygens (including phenoxy) is 2. The zero-order chi connectivity index (χ0) is 22.5. The van der Waals surface area contributed by atoms with Crippen molar-refractivity contribution < 1.29 is 19.1 Å². The number of nitrogens with one attached hydrogen (secondary N) is 1. The fourth-order valence-corrected chi connectivity index (χ4v) is 3.45. The van der Waals surface area contributed by atoms with Crippen LogP contribution in [0.1, 0.15) is 28.4 Å². The number of hydrogen-bond acceptors (Lipinski definition) is 6. The number of H-pyrrole nitrogens is 1. The highest BCUT2D eigenvalue weighted by Crippen LogP contribution is 2.21. The van der Waals surface area contributed by atoms with Gasteiger partial charge in [-0.2, -0.15) is 0 Å². The normalized spacial score (nSPS) is 11.8. The zero-order valence-electron chi connectivity index (χ0n) is 17.4. The molecule has 4 rings (SSSR count). The summed E-state index contributed by atoms with van der Waals surface area (Å²) in [6, 6.07) is 21.3. The molecule has 2 heterocycles. The molecule has 1 N–H and O–H groups in total. The Hall–Kier alpha value is -4.20. The minimum Gasteiger partial charge on any atom is -0.469 e. The van der Waals surface area contributed by atoms with E-state index in [0.29, 0.717) is 11.3 Å². The Bertz CT molecular complexity index is 1300. The van der Waals surface area contributed by atoms with Crippen LogP contribution >= 0.6 is 0 Å². The Labute approximate surface area is 183 Å². The first-order chi connectivity index (χ1) is 15.6. The second kappa shape index (κ2) is 9.30. The van der Waals surface area contributed by atoms with Crippen molar-refractivity contribution in [2.75, 3.05) is 13.7 Å². The van der Waals surface area contributed by atoms with Gasteiger partial charge in [0.25, 0.3) is 5.56 Å². The summed E-state index contributed by atoms with van der Waals surface area (Å²) in [6.07, 6.45) is 0.263. The lowest BCUT2D eigenvalue weighted by molar-refractivity contribution is -0.142. The highest BCUT2D eigenvalue weighted by atomic mass is 16.5. The predicted octanol–water partition coefficient (Wildman–Crippen LogP) is 3.19. The van der Waals surface area contributed by atoms with E-state index in [1.165, 1.54) is 23.8 Å². The Morgan fingerprint density at radius 3 is 2.41 bits per heavy atom. The van der Waals surface area contributed by atoms with Crippen LogP contribution in [0.25, 0.3) is 16.9 Å². The third-order valence-electron chi connectivity index (χ3n) is 5.07. The molecule has 2 aromatic heterocycles. The molecule has 32 heavy (non-hydrogen) atoms. The number of hydrogen-bond donors (Lipinski definition) is 1. The third-order valence-corrected chi connectivity index (χ3v) is 5.07. The van der Waals surface area contributed by atoms with Gasteiger partial charge in [-0.3, -0.25) is 14.7 Å². The van der Waals surface area contributed by atoms with Gasteiger partial charge in [0, 0.05) is 17.7 Å². The number of esters is 2. The standard InChI is InChI=1S/C24H21N3O5/c1-31-23(29)18(16-8-4-2-5-9-16)12-13-32-24(30)20-14-21-25-19(15-22(28)27(21)26-20)17-10-6-3-7-11-17/h2-11,14-15,18,26H,12-13H2,1H3. The number of aromatic nitrogens is 3. The van der Waals surface area contributed by atoms with Gasteiger partial charge in [0.05, 0.1) is 25.3 Å². The van der Waals surface area contributed by atoms with Gasteiger partial charge in [-0.05, 0) is 12.0 Å². The van der Waals surface area contributed by atoms with Crippen molar-refractivity contribution in [3.8, 4) is 11.3 Å². The lowest BCUT2D eigenvalue weighted by Gasteiger charge is -2.14. The van der Waals surface area contributed by atoms with Crippen LogP contribution in [0, 0.1) is 0 Å². The molecule has 8 heteroatoms. The number of methoxy groups -OCH3 is 1. The van der Waals surface area contributed by atoms with E-state index in [4.69, 9.17) is 9.47 Å². The van der Waals surface area contributed by atoms with Crippen molar-refractivity contribution in [2.45, 2.75) is 12.3 Å². The first-order valence-electron chi connectivity index (χ1n) is 10.0. The maximum absolute atomic E-state index is 12.5. The first kappa shape index (κ1) is 21.0. The van der Waals surface area contributed by atoms with E-state index >= 15 is 0 Å².